The lowest BCUT2D eigenvalue weighted by Crippen LogP contribution is -2.26. The van der Waals surface area contributed by atoms with Crippen molar-refractivity contribution in [2.75, 3.05) is 0 Å². The van der Waals surface area contributed by atoms with E-state index in [1.54, 1.807) is 6.92 Å². The third-order valence-electron chi connectivity index (χ3n) is 2.73. The Bertz CT molecular complexity index is 763. The summed E-state index contributed by atoms with van der Waals surface area (Å²) in [4.78, 5) is 13.2. The molecule has 0 saturated heterocycles. The number of hydrogen-bond donors (Lipinski definition) is 2. The predicted octanol–water partition coefficient (Wildman–Crippen LogP) is 1.92. The van der Waals surface area contributed by atoms with E-state index in [4.69, 9.17) is 0 Å². The van der Waals surface area contributed by atoms with Crippen molar-refractivity contribution in [3.8, 4) is 0 Å². The number of H-pyrrole nitrogens is 1. The molecule has 0 unspecified atom stereocenters. The highest BCUT2D eigenvalue weighted by Crippen LogP contribution is 2.20. The van der Waals surface area contributed by atoms with Crippen molar-refractivity contribution in [1.29, 1.82) is 0 Å². The van der Waals surface area contributed by atoms with Gasteiger partial charge in [0.25, 0.3) is 10.0 Å². The molecular weight excluding hydrogens is 303 g/mol. The Morgan fingerprint density at radius 3 is 2.40 bits per heavy atom. The largest absolute Gasteiger partial charge is 0.315 e. The molecule has 0 saturated carbocycles. The molecule has 0 radical (unpaired) electrons. The summed E-state index contributed by atoms with van der Waals surface area (Å²) < 4.78 is 39.6. The summed E-state index contributed by atoms with van der Waals surface area (Å²) in [5.41, 5.74) is 0.939. The number of aromatic amines is 1. The van der Waals surface area contributed by atoms with Crippen LogP contribution in [0.25, 0.3) is 0 Å². The van der Waals surface area contributed by atoms with Crippen LogP contribution in [-0.4, -0.2) is 13.4 Å². The molecule has 0 aliphatic rings. The van der Waals surface area contributed by atoms with Gasteiger partial charge in [-0.15, -0.1) is 0 Å². The molecule has 0 aliphatic carbocycles. The highest BCUT2D eigenvalue weighted by atomic mass is 32.2. The fourth-order valence-corrected chi connectivity index (χ4v) is 4.30. The van der Waals surface area contributed by atoms with Crippen molar-refractivity contribution >= 4 is 21.4 Å². The summed E-state index contributed by atoms with van der Waals surface area (Å²) in [5.74, 6) is -0.386. The molecule has 1 heterocycles. The van der Waals surface area contributed by atoms with E-state index in [1.165, 1.54) is 31.2 Å². The fourth-order valence-electron chi connectivity index (χ4n) is 1.75. The second-order valence-electron chi connectivity index (χ2n) is 4.32. The van der Waals surface area contributed by atoms with Gasteiger partial charge in [0.05, 0.1) is 0 Å². The number of aromatic nitrogens is 1. The van der Waals surface area contributed by atoms with Crippen LogP contribution in [0.5, 0.6) is 0 Å². The lowest BCUT2D eigenvalue weighted by Gasteiger charge is -2.14. The Morgan fingerprint density at radius 2 is 1.90 bits per heavy atom. The SMILES string of the molecule is Cc1[nH]c(=O)sc1S(=O)(=O)N[C@H](C)c1ccc(F)cc1. The smallest absolute Gasteiger partial charge is 0.305 e. The van der Waals surface area contributed by atoms with Gasteiger partial charge in [-0.05, 0) is 31.5 Å². The van der Waals surface area contributed by atoms with Crippen LogP contribution >= 0.6 is 11.3 Å². The van der Waals surface area contributed by atoms with Gasteiger partial charge in [-0.2, -0.15) is 0 Å². The van der Waals surface area contributed by atoms with E-state index in [-0.39, 0.29) is 10.0 Å². The molecule has 8 heteroatoms. The number of rotatable bonds is 4. The zero-order valence-electron chi connectivity index (χ0n) is 10.8. The van der Waals surface area contributed by atoms with E-state index >= 15 is 0 Å². The molecule has 2 aromatic rings. The first-order valence-corrected chi connectivity index (χ1v) is 8.07. The molecule has 1 atom stereocenters. The molecule has 0 aliphatic heterocycles. The van der Waals surface area contributed by atoms with Gasteiger partial charge in [0, 0.05) is 11.7 Å². The van der Waals surface area contributed by atoms with Crippen molar-refractivity contribution in [1.82, 2.24) is 9.71 Å². The molecule has 1 aromatic heterocycles. The van der Waals surface area contributed by atoms with Crippen LogP contribution in [0.3, 0.4) is 0 Å². The molecule has 2 rings (SSSR count). The van der Waals surface area contributed by atoms with Crippen LogP contribution in [0.15, 0.2) is 33.3 Å². The highest BCUT2D eigenvalue weighted by molar-refractivity contribution is 7.91. The summed E-state index contributed by atoms with van der Waals surface area (Å²) in [6.07, 6.45) is 0. The van der Waals surface area contributed by atoms with Crippen molar-refractivity contribution in [3.05, 3.63) is 51.0 Å². The number of halogens is 1. The minimum atomic E-state index is -3.78. The van der Waals surface area contributed by atoms with Crippen LogP contribution in [0.1, 0.15) is 24.2 Å². The topological polar surface area (TPSA) is 79.0 Å². The minimum Gasteiger partial charge on any atom is -0.315 e. The zero-order valence-corrected chi connectivity index (χ0v) is 12.4. The predicted molar refractivity (Wildman–Crippen MR) is 74.8 cm³/mol. The minimum absolute atomic E-state index is 0.0311. The molecule has 0 bridgehead atoms. The second kappa shape index (κ2) is 5.47. The maximum absolute atomic E-state index is 12.8. The first kappa shape index (κ1) is 14.9. The zero-order chi connectivity index (χ0) is 14.9. The highest BCUT2D eigenvalue weighted by Gasteiger charge is 2.23. The van der Waals surface area contributed by atoms with Gasteiger partial charge in [0.2, 0.25) is 0 Å². The molecule has 5 nitrogen and oxygen atoms in total. The van der Waals surface area contributed by atoms with Crippen molar-refractivity contribution in [3.63, 3.8) is 0 Å². The number of benzene rings is 1. The number of hydrogen-bond acceptors (Lipinski definition) is 4. The monoisotopic (exact) mass is 316 g/mol. The van der Waals surface area contributed by atoms with Gasteiger partial charge >= 0.3 is 4.87 Å². The maximum Gasteiger partial charge on any atom is 0.305 e. The fraction of sp³-hybridized carbons (Fsp3) is 0.250. The van der Waals surface area contributed by atoms with E-state index in [1.807, 2.05) is 0 Å². The number of aryl methyl sites for hydroxylation is 1. The van der Waals surface area contributed by atoms with Gasteiger partial charge in [-0.3, -0.25) is 4.79 Å². The molecule has 108 valence electrons. The van der Waals surface area contributed by atoms with Gasteiger partial charge in [-0.25, -0.2) is 17.5 Å². The quantitative estimate of drug-likeness (QED) is 0.904. The van der Waals surface area contributed by atoms with Crippen LogP contribution in [0, 0.1) is 12.7 Å². The van der Waals surface area contributed by atoms with Crippen molar-refractivity contribution < 1.29 is 12.8 Å². The molecule has 0 spiro atoms. The third kappa shape index (κ3) is 3.14. The standard InChI is InChI=1S/C12H13FN2O3S2/c1-7(9-3-5-10(13)6-4-9)15-20(17,18)11-8(2)14-12(16)19-11/h3-7,15H,1-2H3,(H,14,16)/t7-/m1/s1. The molecule has 1 aromatic carbocycles. The van der Waals surface area contributed by atoms with Gasteiger partial charge in [-0.1, -0.05) is 23.5 Å². The Morgan fingerprint density at radius 1 is 1.30 bits per heavy atom. The number of nitrogens with one attached hydrogen (secondary N) is 2. The molecule has 0 amide bonds. The van der Waals surface area contributed by atoms with E-state index < -0.39 is 20.9 Å². The first-order chi connectivity index (χ1) is 9.29. The molecular formula is C12H13FN2O3S2. The van der Waals surface area contributed by atoms with Crippen LogP contribution < -0.4 is 9.60 Å². The lowest BCUT2D eigenvalue weighted by atomic mass is 10.1. The summed E-state index contributed by atoms with van der Waals surface area (Å²) in [7, 11) is -3.78. The first-order valence-electron chi connectivity index (χ1n) is 5.77. The van der Waals surface area contributed by atoms with Crippen molar-refractivity contribution in [2.24, 2.45) is 0 Å². The van der Waals surface area contributed by atoms with Gasteiger partial charge in [0.1, 0.15) is 5.82 Å². The average Bonchev–Trinajstić information content (AvgIpc) is 2.69. The summed E-state index contributed by atoms with van der Waals surface area (Å²) in [5, 5.41) is 0. The van der Waals surface area contributed by atoms with Crippen molar-refractivity contribution in [2.45, 2.75) is 24.1 Å². The second-order valence-corrected chi connectivity index (χ2v) is 7.21. The van der Waals surface area contributed by atoms with Crippen LogP contribution in [0.4, 0.5) is 4.39 Å². The van der Waals surface area contributed by atoms with Gasteiger partial charge in [0.15, 0.2) is 4.21 Å². The van der Waals surface area contributed by atoms with E-state index in [0.29, 0.717) is 22.6 Å². The Kier molecular flexibility index (Phi) is 4.07. The summed E-state index contributed by atoms with van der Waals surface area (Å²) in [6.45, 7) is 3.17. The number of thiazole rings is 1. The average molecular weight is 316 g/mol. The van der Waals surface area contributed by atoms with E-state index in [2.05, 4.69) is 9.71 Å². The normalized spacial score (nSPS) is 13.3. The number of sulfonamides is 1. The Labute approximate surface area is 119 Å². The molecule has 2 N–H and O–H groups in total. The maximum atomic E-state index is 12.8. The Hall–Kier alpha value is -1.51. The molecule has 20 heavy (non-hydrogen) atoms. The lowest BCUT2D eigenvalue weighted by molar-refractivity contribution is 0.567. The van der Waals surface area contributed by atoms with E-state index in [9.17, 15) is 17.6 Å². The van der Waals surface area contributed by atoms with E-state index in [0.717, 1.165) is 0 Å². The summed E-state index contributed by atoms with van der Waals surface area (Å²) in [6, 6.07) is 5.02. The van der Waals surface area contributed by atoms with Crippen LogP contribution in [0.2, 0.25) is 0 Å². The molecule has 0 fully saturated rings. The van der Waals surface area contributed by atoms with Gasteiger partial charge < -0.3 is 4.98 Å². The summed E-state index contributed by atoms with van der Waals surface area (Å²) >= 11 is 0.639. The Balaban J connectivity index is 2.26. The van der Waals surface area contributed by atoms with Crippen LogP contribution in [-0.2, 0) is 10.0 Å². The third-order valence-corrected chi connectivity index (χ3v) is 5.87.